The highest BCUT2D eigenvalue weighted by Gasteiger charge is 2.28. The van der Waals surface area contributed by atoms with Gasteiger partial charge in [-0.05, 0) is 49.8 Å². The lowest BCUT2D eigenvalue weighted by atomic mass is 10.0. The molecule has 0 fully saturated rings. The fourth-order valence-electron chi connectivity index (χ4n) is 2.93. The molecule has 1 amide bonds. The number of carbonyl (C=O) groups is 2. The number of carbonyl (C=O) groups excluding carboxylic acids is 1. The average Bonchev–Trinajstić information content (AvgIpc) is 2.69. The molecule has 0 bridgehead atoms. The molecule has 108 valence electrons. The Bertz CT molecular complexity index is 524. The van der Waals surface area contributed by atoms with E-state index in [1.54, 1.807) is 6.92 Å². The minimum absolute atomic E-state index is 0.0884. The fourth-order valence-corrected chi connectivity index (χ4v) is 2.93. The number of aryl methyl sites for hydroxylation is 1. The van der Waals surface area contributed by atoms with Gasteiger partial charge in [0, 0.05) is 25.1 Å². The highest BCUT2D eigenvalue weighted by atomic mass is 16.4. The molecular weight excluding hydrogens is 254 g/mol. The van der Waals surface area contributed by atoms with Crippen LogP contribution in [0.5, 0.6) is 0 Å². The number of hydrogen-bond donors (Lipinski definition) is 1. The zero-order chi connectivity index (χ0) is 14.7. The van der Waals surface area contributed by atoms with Gasteiger partial charge in [-0.3, -0.25) is 9.59 Å². The van der Waals surface area contributed by atoms with E-state index >= 15 is 0 Å². The molecule has 0 radical (unpaired) electrons. The molecule has 1 aromatic carbocycles. The average molecular weight is 275 g/mol. The van der Waals surface area contributed by atoms with E-state index in [2.05, 4.69) is 13.0 Å². The maximum Gasteiger partial charge on any atom is 0.303 e. The smallest absolute Gasteiger partial charge is 0.303 e. The maximum absolute atomic E-state index is 11.6. The largest absolute Gasteiger partial charge is 0.481 e. The van der Waals surface area contributed by atoms with Crippen LogP contribution in [0.2, 0.25) is 0 Å². The zero-order valence-corrected chi connectivity index (χ0v) is 12.1. The van der Waals surface area contributed by atoms with Gasteiger partial charge in [0.25, 0.3) is 0 Å². The van der Waals surface area contributed by atoms with Gasteiger partial charge in [-0.25, -0.2) is 0 Å². The van der Waals surface area contributed by atoms with Crippen molar-refractivity contribution >= 4 is 17.6 Å². The predicted molar refractivity (Wildman–Crippen MR) is 78.0 cm³/mol. The van der Waals surface area contributed by atoms with E-state index in [0.29, 0.717) is 6.42 Å². The summed E-state index contributed by atoms with van der Waals surface area (Å²) in [5.74, 6) is -0.643. The number of unbranched alkanes of at least 4 members (excludes halogenated alkanes) is 1. The van der Waals surface area contributed by atoms with Gasteiger partial charge in [-0.15, -0.1) is 0 Å². The molecule has 20 heavy (non-hydrogen) atoms. The minimum atomic E-state index is -0.732. The predicted octanol–water partition coefficient (Wildman–Crippen LogP) is 2.78. The van der Waals surface area contributed by atoms with Crippen molar-refractivity contribution in [1.82, 2.24) is 0 Å². The van der Waals surface area contributed by atoms with E-state index in [0.717, 1.165) is 24.9 Å². The van der Waals surface area contributed by atoms with Gasteiger partial charge < -0.3 is 10.0 Å². The van der Waals surface area contributed by atoms with Gasteiger partial charge in [0.05, 0.1) is 0 Å². The zero-order valence-electron chi connectivity index (χ0n) is 12.1. The fraction of sp³-hybridized carbons (Fsp3) is 0.500. The number of anilines is 1. The lowest BCUT2D eigenvalue weighted by Gasteiger charge is -2.20. The van der Waals surface area contributed by atoms with Crippen molar-refractivity contribution in [3.63, 3.8) is 0 Å². The van der Waals surface area contributed by atoms with Crippen molar-refractivity contribution in [3.05, 3.63) is 29.3 Å². The maximum atomic E-state index is 11.6. The van der Waals surface area contributed by atoms with E-state index in [1.807, 2.05) is 17.0 Å². The number of amides is 1. The monoisotopic (exact) mass is 275 g/mol. The molecule has 4 nitrogen and oxygen atoms in total. The second kappa shape index (κ2) is 6.07. The van der Waals surface area contributed by atoms with Crippen molar-refractivity contribution < 1.29 is 14.7 Å². The number of benzene rings is 1. The van der Waals surface area contributed by atoms with E-state index in [1.165, 1.54) is 11.1 Å². The van der Waals surface area contributed by atoms with Crippen LogP contribution in [-0.2, 0) is 22.4 Å². The Labute approximate surface area is 119 Å². The van der Waals surface area contributed by atoms with Gasteiger partial charge in [0.15, 0.2) is 0 Å². The molecule has 1 N–H and O–H groups in total. The molecule has 1 heterocycles. The Morgan fingerprint density at radius 1 is 1.35 bits per heavy atom. The Kier molecular flexibility index (Phi) is 4.42. The first-order valence-corrected chi connectivity index (χ1v) is 7.12. The van der Waals surface area contributed by atoms with Crippen molar-refractivity contribution in [2.24, 2.45) is 0 Å². The minimum Gasteiger partial charge on any atom is -0.481 e. The second-order valence-electron chi connectivity index (χ2n) is 5.51. The van der Waals surface area contributed by atoms with Crippen LogP contribution < -0.4 is 4.90 Å². The first-order chi connectivity index (χ1) is 9.49. The molecule has 1 aromatic rings. The SMILES string of the molecule is CC(=O)N1c2ccc(CCCCC(=O)O)cc2CC1C. The number of nitrogens with zero attached hydrogens (tertiary/aromatic N) is 1. The third-order valence-electron chi connectivity index (χ3n) is 3.80. The Morgan fingerprint density at radius 3 is 2.75 bits per heavy atom. The third-order valence-corrected chi connectivity index (χ3v) is 3.80. The van der Waals surface area contributed by atoms with E-state index < -0.39 is 5.97 Å². The molecule has 2 rings (SSSR count). The summed E-state index contributed by atoms with van der Waals surface area (Å²) in [6, 6.07) is 6.46. The Balaban J connectivity index is 2.01. The molecule has 0 saturated heterocycles. The van der Waals surface area contributed by atoms with Gasteiger partial charge in [0.1, 0.15) is 0 Å². The molecule has 1 atom stereocenters. The third kappa shape index (κ3) is 3.18. The lowest BCUT2D eigenvalue weighted by Crippen LogP contribution is -2.33. The Morgan fingerprint density at radius 2 is 2.10 bits per heavy atom. The molecule has 0 aromatic heterocycles. The number of aliphatic carboxylic acids is 1. The van der Waals surface area contributed by atoms with Gasteiger partial charge in [-0.2, -0.15) is 0 Å². The van der Waals surface area contributed by atoms with Crippen LogP contribution in [0.15, 0.2) is 18.2 Å². The summed E-state index contributed by atoms with van der Waals surface area (Å²) < 4.78 is 0. The number of hydrogen-bond acceptors (Lipinski definition) is 2. The quantitative estimate of drug-likeness (QED) is 0.841. The molecule has 1 unspecified atom stereocenters. The summed E-state index contributed by atoms with van der Waals surface area (Å²) >= 11 is 0. The van der Waals surface area contributed by atoms with Gasteiger partial charge in [-0.1, -0.05) is 12.1 Å². The van der Waals surface area contributed by atoms with Crippen LogP contribution in [0.3, 0.4) is 0 Å². The number of carboxylic acids is 1. The topological polar surface area (TPSA) is 57.6 Å². The summed E-state index contributed by atoms with van der Waals surface area (Å²) in [7, 11) is 0. The highest BCUT2D eigenvalue weighted by Crippen LogP contribution is 2.33. The van der Waals surface area contributed by atoms with Crippen LogP contribution in [0.4, 0.5) is 5.69 Å². The molecule has 0 saturated carbocycles. The van der Waals surface area contributed by atoms with Crippen LogP contribution >= 0.6 is 0 Å². The number of carboxylic acid groups (broad SMARTS) is 1. The van der Waals surface area contributed by atoms with Crippen LogP contribution in [0, 0.1) is 0 Å². The molecule has 1 aliphatic rings. The van der Waals surface area contributed by atoms with E-state index in [-0.39, 0.29) is 18.4 Å². The van der Waals surface area contributed by atoms with Crippen LogP contribution in [0.1, 0.15) is 44.2 Å². The summed E-state index contributed by atoms with van der Waals surface area (Å²) in [5.41, 5.74) is 3.48. The summed E-state index contributed by atoms with van der Waals surface area (Å²) in [4.78, 5) is 24.0. The summed E-state index contributed by atoms with van der Waals surface area (Å²) in [5, 5.41) is 8.61. The number of rotatable bonds is 5. The molecule has 0 spiro atoms. The van der Waals surface area contributed by atoms with Crippen molar-refractivity contribution in [2.75, 3.05) is 4.90 Å². The number of fused-ring (bicyclic) bond motifs is 1. The van der Waals surface area contributed by atoms with Crippen molar-refractivity contribution in [1.29, 1.82) is 0 Å². The molecule has 0 aliphatic carbocycles. The van der Waals surface area contributed by atoms with Crippen LogP contribution in [-0.4, -0.2) is 23.0 Å². The van der Waals surface area contributed by atoms with Crippen molar-refractivity contribution in [3.8, 4) is 0 Å². The van der Waals surface area contributed by atoms with E-state index in [4.69, 9.17) is 5.11 Å². The normalized spacial score (nSPS) is 17.1. The standard InChI is InChI=1S/C16H21NO3/c1-11-9-14-10-13(5-3-4-6-16(19)20)7-8-15(14)17(11)12(2)18/h7-8,10-11H,3-6,9H2,1-2H3,(H,19,20). The van der Waals surface area contributed by atoms with E-state index in [9.17, 15) is 9.59 Å². The summed E-state index contributed by atoms with van der Waals surface area (Å²) in [6.07, 6.45) is 3.63. The Hall–Kier alpha value is -1.84. The second-order valence-corrected chi connectivity index (χ2v) is 5.51. The molecular formula is C16H21NO3. The van der Waals surface area contributed by atoms with Crippen molar-refractivity contribution in [2.45, 2.75) is 52.0 Å². The lowest BCUT2D eigenvalue weighted by molar-refractivity contribution is -0.137. The summed E-state index contributed by atoms with van der Waals surface area (Å²) in [6.45, 7) is 3.67. The first kappa shape index (κ1) is 14.6. The highest BCUT2D eigenvalue weighted by molar-refractivity contribution is 5.94. The molecule has 4 heteroatoms. The van der Waals surface area contributed by atoms with Gasteiger partial charge >= 0.3 is 5.97 Å². The van der Waals surface area contributed by atoms with Crippen LogP contribution in [0.25, 0.3) is 0 Å². The molecule has 1 aliphatic heterocycles. The van der Waals surface area contributed by atoms with Gasteiger partial charge in [0.2, 0.25) is 5.91 Å². The first-order valence-electron chi connectivity index (χ1n) is 7.12.